The molecule has 96 valence electrons. The van der Waals surface area contributed by atoms with Crippen molar-refractivity contribution in [3.05, 3.63) is 76.1 Å². The van der Waals surface area contributed by atoms with Crippen LogP contribution in [-0.4, -0.2) is 0 Å². The Balaban J connectivity index is 2.18. The Morgan fingerprint density at radius 3 is 2.63 bits per heavy atom. The highest BCUT2D eigenvalue weighted by molar-refractivity contribution is 7.98. The van der Waals surface area contributed by atoms with E-state index < -0.39 is 0 Å². The first-order valence-electron chi connectivity index (χ1n) is 6.03. The van der Waals surface area contributed by atoms with Crippen LogP contribution in [0.4, 0.5) is 0 Å². The smallest absolute Gasteiger partial charge is 0.247 e. The zero-order valence-corrected chi connectivity index (χ0v) is 12.2. The highest BCUT2D eigenvalue weighted by Crippen LogP contribution is 2.33. The molecule has 1 nitrogen and oxygen atoms in total. The molecule has 2 aromatic rings. The fraction of sp³-hybridized carbons (Fsp3) is 0.188. The fourth-order valence-corrected chi connectivity index (χ4v) is 3.04. The van der Waals surface area contributed by atoms with E-state index in [1.165, 1.54) is 5.56 Å². The number of thioether (sulfide) groups is 1. The highest BCUT2D eigenvalue weighted by Gasteiger charge is 2.15. The number of benzene rings is 2. The van der Waals surface area contributed by atoms with Crippen molar-refractivity contribution in [2.24, 2.45) is 0 Å². The lowest BCUT2D eigenvalue weighted by molar-refractivity contribution is 0.928. The maximum absolute atomic E-state index is 7.18. The van der Waals surface area contributed by atoms with E-state index in [9.17, 15) is 0 Å². The molecule has 1 atom stereocenters. The van der Waals surface area contributed by atoms with Gasteiger partial charge >= 0.3 is 0 Å². The lowest BCUT2D eigenvalue weighted by Crippen LogP contribution is -1.91. The molecule has 0 saturated carbocycles. The van der Waals surface area contributed by atoms with Gasteiger partial charge in [-0.2, -0.15) is 0 Å². The third-order valence-corrected chi connectivity index (χ3v) is 4.25. The van der Waals surface area contributed by atoms with Gasteiger partial charge in [0.05, 0.1) is 0 Å². The molecule has 0 heterocycles. The van der Waals surface area contributed by atoms with Crippen molar-refractivity contribution in [3.8, 4) is 0 Å². The van der Waals surface area contributed by atoms with Gasteiger partial charge in [0.2, 0.25) is 6.04 Å². The van der Waals surface area contributed by atoms with E-state index in [0.717, 1.165) is 16.2 Å². The van der Waals surface area contributed by atoms with E-state index in [0.29, 0.717) is 5.02 Å². The molecule has 3 heteroatoms. The van der Waals surface area contributed by atoms with Crippen molar-refractivity contribution in [1.29, 1.82) is 0 Å². The van der Waals surface area contributed by atoms with Gasteiger partial charge in [-0.25, -0.2) is 6.57 Å². The van der Waals surface area contributed by atoms with E-state index in [1.54, 1.807) is 11.8 Å². The number of hydrogen-bond acceptors (Lipinski definition) is 1. The summed E-state index contributed by atoms with van der Waals surface area (Å²) < 4.78 is 0. The maximum atomic E-state index is 7.18. The summed E-state index contributed by atoms with van der Waals surface area (Å²) in [5.74, 6) is 0.903. The summed E-state index contributed by atoms with van der Waals surface area (Å²) in [4.78, 5) is 4.73. The van der Waals surface area contributed by atoms with Crippen LogP contribution in [0.15, 0.2) is 53.4 Å². The van der Waals surface area contributed by atoms with E-state index in [4.69, 9.17) is 18.2 Å². The SMILES string of the molecule is [C-]#[N+]C(C)c1cc(Cl)ccc1SCc1ccccc1. The Morgan fingerprint density at radius 2 is 1.95 bits per heavy atom. The maximum Gasteiger partial charge on any atom is 0.247 e. The summed E-state index contributed by atoms with van der Waals surface area (Å²) in [7, 11) is 0. The van der Waals surface area contributed by atoms with Gasteiger partial charge in [0, 0.05) is 28.2 Å². The van der Waals surface area contributed by atoms with Crippen LogP contribution >= 0.6 is 23.4 Å². The molecule has 0 aliphatic heterocycles. The van der Waals surface area contributed by atoms with Crippen LogP contribution in [0.2, 0.25) is 5.02 Å². The molecular weight excluding hydrogens is 274 g/mol. The molecule has 19 heavy (non-hydrogen) atoms. The van der Waals surface area contributed by atoms with Crippen molar-refractivity contribution in [2.75, 3.05) is 0 Å². The second-order valence-electron chi connectivity index (χ2n) is 4.26. The number of nitrogens with zero attached hydrogens (tertiary/aromatic N) is 1. The summed E-state index contributed by atoms with van der Waals surface area (Å²) in [5, 5.41) is 0.689. The summed E-state index contributed by atoms with van der Waals surface area (Å²) in [6, 6.07) is 16.0. The number of rotatable bonds is 4. The lowest BCUT2D eigenvalue weighted by Gasteiger charge is -2.09. The van der Waals surface area contributed by atoms with Crippen molar-refractivity contribution in [2.45, 2.75) is 23.6 Å². The first-order valence-corrected chi connectivity index (χ1v) is 7.40. The average Bonchev–Trinajstić information content (AvgIpc) is 2.46. The molecule has 1 unspecified atom stereocenters. The van der Waals surface area contributed by atoms with Gasteiger partial charge in [0.25, 0.3) is 0 Å². The standard InChI is InChI=1S/C16H14ClNS/c1-12(18-2)15-10-14(17)8-9-16(15)19-11-13-6-4-3-5-7-13/h3-10,12H,11H2,1H3. The first kappa shape index (κ1) is 14.0. The Hall–Kier alpha value is -1.43. The second-order valence-corrected chi connectivity index (χ2v) is 5.72. The molecule has 0 spiro atoms. The van der Waals surface area contributed by atoms with E-state index >= 15 is 0 Å². The van der Waals surface area contributed by atoms with Crippen molar-refractivity contribution in [3.63, 3.8) is 0 Å². The largest absolute Gasteiger partial charge is 0.309 e. The fourth-order valence-electron chi connectivity index (χ4n) is 1.78. The van der Waals surface area contributed by atoms with Gasteiger partial charge in [0.1, 0.15) is 0 Å². The minimum absolute atomic E-state index is 0.156. The van der Waals surface area contributed by atoms with Gasteiger partial charge in [-0.3, -0.25) is 0 Å². The zero-order valence-electron chi connectivity index (χ0n) is 10.6. The summed E-state index contributed by atoms with van der Waals surface area (Å²) in [6.45, 7) is 9.09. The van der Waals surface area contributed by atoms with Gasteiger partial charge in [-0.15, -0.1) is 11.8 Å². The van der Waals surface area contributed by atoms with Crippen molar-refractivity contribution < 1.29 is 0 Å². The van der Waals surface area contributed by atoms with Gasteiger partial charge < -0.3 is 4.85 Å². The number of hydrogen-bond donors (Lipinski definition) is 0. The molecule has 0 fully saturated rings. The van der Waals surface area contributed by atoms with Gasteiger partial charge in [-0.05, 0) is 23.8 Å². The zero-order chi connectivity index (χ0) is 13.7. The summed E-state index contributed by atoms with van der Waals surface area (Å²) >= 11 is 7.77. The van der Waals surface area contributed by atoms with Crippen LogP contribution in [0.25, 0.3) is 4.85 Å². The number of halogens is 1. The van der Waals surface area contributed by atoms with E-state index in [2.05, 4.69) is 17.0 Å². The molecule has 2 rings (SSSR count). The second kappa shape index (κ2) is 6.65. The predicted molar refractivity (Wildman–Crippen MR) is 82.5 cm³/mol. The van der Waals surface area contributed by atoms with E-state index in [-0.39, 0.29) is 6.04 Å². The molecule has 0 N–H and O–H groups in total. The molecule has 0 saturated heterocycles. The van der Waals surface area contributed by atoms with Crippen molar-refractivity contribution >= 4 is 23.4 Å². The predicted octanol–water partition coefficient (Wildman–Crippen LogP) is 5.61. The molecule has 0 bridgehead atoms. The first-order chi connectivity index (χ1) is 9.20. The molecule has 2 aromatic carbocycles. The van der Waals surface area contributed by atoms with Crippen LogP contribution in [0, 0.1) is 6.57 Å². The quantitative estimate of drug-likeness (QED) is 0.522. The Labute approximate surface area is 123 Å². The molecular formula is C16H14ClNS. The average molecular weight is 288 g/mol. The van der Waals surface area contributed by atoms with Crippen LogP contribution < -0.4 is 0 Å². The monoisotopic (exact) mass is 287 g/mol. The highest BCUT2D eigenvalue weighted by atomic mass is 35.5. The van der Waals surface area contributed by atoms with Crippen LogP contribution in [0.3, 0.4) is 0 Å². The third-order valence-electron chi connectivity index (χ3n) is 2.85. The Morgan fingerprint density at radius 1 is 1.21 bits per heavy atom. The summed E-state index contributed by atoms with van der Waals surface area (Å²) in [5.41, 5.74) is 2.30. The Bertz CT molecular complexity index is 589. The van der Waals surface area contributed by atoms with E-state index in [1.807, 2.05) is 43.3 Å². The topological polar surface area (TPSA) is 4.36 Å². The van der Waals surface area contributed by atoms with Crippen molar-refractivity contribution in [1.82, 2.24) is 0 Å². The van der Waals surface area contributed by atoms with Crippen LogP contribution in [0.1, 0.15) is 24.1 Å². The van der Waals surface area contributed by atoms with Gasteiger partial charge in [-0.1, -0.05) is 41.9 Å². The molecule has 0 amide bonds. The third kappa shape index (κ3) is 3.76. The van der Waals surface area contributed by atoms with Crippen LogP contribution in [0.5, 0.6) is 0 Å². The minimum Gasteiger partial charge on any atom is -0.309 e. The molecule has 0 aromatic heterocycles. The molecule has 0 aliphatic carbocycles. The minimum atomic E-state index is -0.156. The Kier molecular flexibility index (Phi) is 4.90. The molecule has 0 aliphatic rings. The summed E-state index contributed by atoms with van der Waals surface area (Å²) in [6.07, 6.45) is 0. The molecule has 0 radical (unpaired) electrons. The van der Waals surface area contributed by atoms with Crippen LogP contribution in [-0.2, 0) is 5.75 Å². The normalized spacial score (nSPS) is 11.8. The lowest BCUT2D eigenvalue weighted by atomic mass is 10.1. The van der Waals surface area contributed by atoms with Gasteiger partial charge in [0.15, 0.2) is 0 Å².